The van der Waals surface area contributed by atoms with Crippen molar-refractivity contribution in [2.24, 2.45) is 10.7 Å². The molecular formula is C23H20N4. The largest absolute Gasteiger partial charge is 0.300 e. The van der Waals surface area contributed by atoms with Crippen LogP contribution < -0.4 is 5.73 Å². The van der Waals surface area contributed by atoms with E-state index in [0.29, 0.717) is 11.5 Å². The molecule has 1 aromatic heterocycles. The highest BCUT2D eigenvalue weighted by atomic mass is 15.0. The normalized spacial score (nSPS) is 18.7. The van der Waals surface area contributed by atoms with E-state index in [2.05, 4.69) is 54.2 Å². The SMILES string of the molecule is CC(C)c1cccc(C2=CC(N)(c3cccc4cc(C#N)cnc34)N=C2)c1. The molecule has 132 valence electrons. The van der Waals surface area contributed by atoms with Gasteiger partial charge in [0.25, 0.3) is 0 Å². The van der Waals surface area contributed by atoms with E-state index < -0.39 is 5.66 Å². The van der Waals surface area contributed by atoms with Crippen LogP contribution in [0.2, 0.25) is 0 Å². The number of aliphatic imine (C=N–C) groups is 1. The van der Waals surface area contributed by atoms with Crippen molar-refractivity contribution in [2.45, 2.75) is 25.4 Å². The summed E-state index contributed by atoms with van der Waals surface area (Å²) in [5.74, 6) is 0.461. The van der Waals surface area contributed by atoms with Gasteiger partial charge in [-0.05, 0) is 34.8 Å². The quantitative estimate of drug-likeness (QED) is 0.753. The number of para-hydroxylation sites is 1. The van der Waals surface area contributed by atoms with Crippen molar-refractivity contribution in [1.82, 2.24) is 4.98 Å². The minimum Gasteiger partial charge on any atom is -0.300 e. The van der Waals surface area contributed by atoms with Gasteiger partial charge in [0.15, 0.2) is 5.66 Å². The Morgan fingerprint density at radius 3 is 2.70 bits per heavy atom. The molecule has 1 aliphatic rings. The van der Waals surface area contributed by atoms with E-state index in [9.17, 15) is 0 Å². The Kier molecular flexibility index (Phi) is 4.10. The summed E-state index contributed by atoms with van der Waals surface area (Å²) in [6.45, 7) is 4.36. The first-order valence-electron chi connectivity index (χ1n) is 8.97. The van der Waals surface area contributed by atoms with Crippen LogP contribution in [0.1, 0.15) is 42.0 Å². The number of hydrogen-bond donors (Lipinski definition) is 1. The first kappa shape index (κ1) is 17.1. The number of benzene rings is 2. The molecule has 1 unspecified atom stereocenters. The van der Waals surface area contributed by atoms with Gasteiger partial charge in [-0.15, -0.1) is 0 Å². The molecule has 0 amide bonds. The number of nitrogens with zero attached hydrogens (tertiary/aromatic N) is 3. The molecule has 3 aromatic rings. The van der Waals surface area contributed by atoms with Crippen LogP contribution in [0.5, 0.6) is 0 Å². The number of allylic oxidation sites excluding steroid dienone is 1. The van der Waals surface area contributed by atoms with Crippen molar-refractivity contribution in [3.8, 4) is 6.07 Å². The number of nitrogens with two attached hydrogens (primary N) is 1. The molecule has 0 saturated carbocycles. The molecule has 4 rings (SSSR count). The number of pyridine rings is 1. The van der Waals surface area contributed by atoms with Crippen LogP contribution in [0.3, 0.4) is 0 Å². The van der Waals surface area contributed by atoms with Gasteiger partial charge in [-0.1, -0.05) is 56.3 Å². The minimum absolute atomic E-state index is 0.461. The highest BCUT2D eigenvalue weighted by Gasteiger charge is 2.30. The van der Waals surface area contributed by atoms with E-state index in [1.54, 1.807) is 6.20 Å². The predicted molar refractivity (Wildman–Crippen MR) is 109 cm³/mol. The maximum atomic E-state index is 9.10. The molecule has 0 spiro atoms. The van der Waals surface area contributed by atoms with Gasteiger partial charge in [0.05, 0.1) is 11.1 Å². The van der Waals surface area contributed by atoms with Crippen molar-refractivity contribution < 1.29 is 0 Å². The van der Waals surface area contributed by atoms with Gasteiger partial charge in [0, 0.05) is 23.4 Å². The molecular weight excluding hydrogens is 332 g/mol. The fraction of sp³-hybridized carbons (Fsp3) is 0.174. The van der Waals surface area contributed by atoms with Crippen LogP contribution in [0.4, 0.5) is 0 Å². The number of fused-ring (bicyclic) bond motifs is 1. The molecule has 0 radical (unpaired) electrons. The molecule has 2 N–H and O–H groups in total. The van der Waals surface area contributed by atoms with Gasteiger partial charge in [-0.25, -0.2) is 0 Å². The topological polar surface area (TPSA) is 75.1 Å². The van der Waals surface area contributed by atoms with E-state index in [0.717, 1.165) is 27.6 Å². The zero-order valence-corrected chi connectivity index (χ0v) is 15.3. The summed E-state index contributed by atoms with van der Waals surface area (Å²) < 4.78 is 0. The van der Waals surface area contributed by atoms with E-state index in [1.807, 2.05) is 36.6 Å². The molecule has 2 aromatic carbocycles. The lowest BCUT2D eigenvalue weighted by molar-refractivity contribution is 0.614. The molecule has 4 nitrogen and oxygen atoms in total. The Hall–Kier alpha value is -3.29. The average molecular weight is 352 g/mol. The molecule has 1 atom stereocenters. The smallest absolute Gasteiger partial charge is 0.155 e. The van der Waals surface area contributed by atoms with Crippen LogP contribution >= 0.6 is 0 Å². The number of nitriles is 1. The van der Waals surface area contributed by atoms with Crippen molar-refractivity contribution in [3.05, 3.63) is 83.1 Å². The molecule has 1 aliphatic heterocycles. The number of aromatic nitrogens is 1. The van der Waals surface area contributed by atoms with Crippen molar-refractivity contribution in [2.75, 3.05) is 0 Å². The lowest BCUT2D eigenvalue weighted by Gasteiger charge is -2.20. The van der Waals surface area contributed by atoms with Crippen LogP contribution in [0.15, 0.2) is 65.8 Å². The zero-order valence-electron chi connectivity index (χ0n) is 15.3. The summed E-state index contributed by atoms with van der Waals surface area (Å²) in [5.41, 5.74) is 11.2. The van der Waals surface area contributed by atoms with Gasteiger partial charge in [-0.3, -0.25) is 15.7 Å². The van der Waals surface area contributed by atoms with Crippen molar-refractivity contribution >= 4 is 22.7 Å². The summed E-state index contributed by atoms with van der Waals surface area (Å²) in [7, 11) is 0. The average Bonchev–Trinajstić information content (AvgIpc) is 3.10. The number of hydrogen-bond acceptors (Lipinski definition) is 4. The highest BCUT2D eigenvalue weighted by Crippen LogP contribution is 2.34. The third kappa shape index (κ3) is 3.03. The van der Waals surface area contributed by atoms with Crippen LogP contribution in [0.25, 0.3) is 16.5 Å². The lowest BCUT2D eigenvalue weighted by Crippen LogP contribution is -2.31. The Balaban J connectivity index is 1.80. The predicted octanol–water partition coefficient (Wildman–Crippen LogP) is 4.51. The second-order valence-corrected chi connectivity index (χ2v) is 7.18. The van der Waals surface area contributed by atoms with Crippen LogP contribution in [0, 0.1) is 11.3 Å². The molecule has 0 saturated heterocycles. The molecule has 4 heteroatoms. The molecule has 27 heavy (non-hydrogen) atoms. The van der Waals surface area contributed by atoms with E-state index in [1.165, 1.54) is 5.56 Å². The van der Waals surface area contributed by atoms with E-state index in [4.69, 9.17) is 11.0 Å². The van der Waals surface area contributed by atoms with Crippen molar-refractivity contribution in [1.29, 1.82) is 5.26 Å². The fourth-order valence-electron chi connectivity index (χ4n) is 3.42. The van der Waals surface area contributed by atoms with Gasteiger partial charge in [0.1, 0.15) is 6.07 Å². The summed E-state index contributed by atoms with van der Waals surface area (Å²) in [6.07, 6.45) is 5.40. The third-order valence-electron chi connectivity index (χ3n) is 4.95. The van der Waals surface area contributed by atoms with Gasteiger partial charge in [-0.2, -0.15) is 5.26 Å². The fourth-order valence-corrected chi connectivity index (χ4v) is 3.42. The lowest BCUT2D eigenvalue weighted by atomic mass is 9.94. The molecule has 0 aliphatic carbocycles. The van der Waals surface area contributed by atoms with Crippen molar-refractivity contribution in [3.63, 3.8) is 0 Å². The summed E-state index contributed by atoms with van der Waals surface area (Å²) in [6, 6.07) is 18.2. The second-order valence-electron chi connectivity index (χ2n) is 7.18. The maximum Gasteiger partial charge on any atom is 0.155 e. The molecule has 0 bridgehead atoms. The summed E-state index contributed by atoms with van der Waals surface area (Å²) in [4.78, 5) is 9.09. The summed E-state index contributed by atoms with van der Waals surface area (Å²) in [5, 5.41) is 9.99. The third-order valence-corrected chi connectivity index (χ3v) is 4.95. The first-order valence-corrected chi connectivity index (χ1v) is 8.97. The molecule has 2 heterocycles. The van der Waals surface area contributed by atoms with Gasteiger partial charge < -0.3 is 0 Å². The van der Waals surface area contributed by atoms with Crippen LogP contribution in [-0.4, -0.2) is 11.2 Å². The van der Waals surface area contributed by atoms with E-state index >= 15 is 0 Å². The van der Waals surface area contributed by atoms with E-state index in [-0.39, 0.29) is 0 Å². The monoisotopic (exact) mass is 352 g/mol. The number of rotatable bonds is 3. The van der Waals surface area contributed by atoms with Gasteiger partial charge in [0.2, 0.25) is 0 Å². The Labute approximate surface area is 158 Å². The minimum atomic E-state index is -0.968. The maximum absolute atomic E-state index is 9.10. The Bertz CT molecular complexity index is 1130. The zero-order chi connectivity index (χ0) is 19.0. The standard InChI is InChI=1S/C23H20N4/c1-15(2)17-5-3-6-18(10-17)20-11-23(25,27-14-20)21-8-4-7-19-9-16(12-24)13-26-22(19)21/h3-11,13-15H,25H2,1-2H3. The second kappa shape index (κ2) is 6.46. The van der Waals surface area contributed by atoms with Crippen LogP contribution in [-0.2, 0) is 5.66 Å². The van der Waals surface area contributed by atoms with Gasteiger partial charge >= 0.3 is 0 Å². The first-order chi connectivity index (χ1) is 13.0. The highest BCUT2D eigenvalue weighted by molar-refractivity contribution is 6.12. The Morgan fingerprint density at radius 1 is 1.11 bits per heavy atom. The molecule has 0 fully saturated rings. The Morgan fingerprint density at radius 2 is 1.93 bits per heavy atom. The summed E-state index contributed by atoms with van der Waals surface area (Å²) >= 11 is 0.